The largest absolute Gasteiger partial charge is 0.454 e. The van der Waals surface area contributed by atoms with E-state index in [4.69, 9.17) is 4.42 Å². The summed E-state index contributed by atoms with van der Waals surface area (Å²) in [5, 5.41) is 4.60. The highest BCUT2D eigenvalue weighted by atomic mass is 32.1. The van der Waals surface area contributed by atoms with Gasteiger partial charge in [-0.25, -0.2) is 0 Å². The van der Waals surface area contributed by atoms with Crippen LogP contribution in [0, 0.1) is 0 Å². The third-order valence-electron chi connectivity index (χ3n) is 12.3. The van der Waals surface area contributed by atoms with Crippen molar-refractivity contribution in [3.63, 3.8) is 0 Å². The Morgan fingerprint density at radius 1 is 0.317 bits per heavy atom. The second-order valence-electron chi connectivity index (χ2n) is 16.0. The summed E-state index contributed by atoms with van der Waals surface area (Å²) in [7, 11) is 0. The fraction of sp³-hybridized carbons (Fsp3) is 0. The Bertz CT molecular complexity index is 3600. The van der Waals surface area contributed by atoms with E-state index in [1.165, 1.54) is 48.0 Å². The molecule has 2 nitrogen and oxygen atoms in total. The van der Waals surface area contributed by atoms with E-state index in [1.54, 1.807) is 0 Å². The third kappa shape index (κ3) is 6.50. The molecule has 296 valence electrons. The van der Waals surface area contributed by atoms with Crippen LogP contribution in [0.4, 0.5) is 17.1 Å². The predicted octanol–water partition coefficient (Wildman–Crippen LogP) is 17.8. The van der Waals surface area contributed by atoms with Crippen molar-refractivity contribution in [2.75, 3.05) is 4.90 Å². The average Bonchev–Trinajstić information content (AvgIpc) is 3.94. The van der Waals surface area contributed by atoms with Crippen molar-refractivity contribution in [1.82, 2.24) is 0 Å². The van der Waals surface area contributed by atoms with Crippen molar-refractivity contribution in [3.8, 4) is 55.6 Å². The van der Waals surface area contributed by atoms with E-state index in [2.05, 4.69) is 241 Å². The first-order valence-electron chi connectivity index (χ1n) is 21.4. The van der Waals surface area contributed by atoms with Crippen LogP contribution in [0.3, 0.4) is 0 Å². The number of fused-ring (bicyclic) bond motifs is 6. The molecule has 12 aromatic rings. The van der Waals surface area contributed by atoms with Crippen LogP contribution in [0.2, 0.25) is 0 Å². The lowest BCUT2D eigenvalue weighted by Crippen LogP contribution is -2.12. The van der Waals surface area contributed by atoms with E-state index in [0.717, 1.165) is 66.8 Å². The van der Waals surface area contributed by atoms with Gasteiger partial charge in [0.25, 0.3) is 0 Å². The van der Waals surface area contributed by atoms with Gasteiger partial charge in [-0.05, 0) is 92.5 Å². The van der Waals surface area contributed by atoms with Gasteiger partial charge < -0.3 is 9.32 Å². The predicted molar refractivity (Wildman–Crippen MR) is 268 cm³/mol. The van der Waals surface area contributed by atoms with Gasteiger partial charge in [0.2, 0.25) is 0 Å². The molecule has 0 bridgehead atoms. The summed E-state index contributed by atoms with van der Waals surface area (Å²) in [4.78, 5) is 2.47. The summed E-state index contributed by atoms with van der Waals surface area (Å²) >= 11 is 1.87. The standard InChI is InChI=1S/C60H39NOS/c1-6-17-40(18-7-1)45-31-35-53(52(37-45)44-25-14-5-15-26-44)61(55-28-16-27-50-49-32-29-46(38-56(49)62-59(50)55)41-19-8-2-9-20-41)54-36-34-48(43-23-12-4-13-24-43)60-58(54)51-33-30-47(39-57(51)63-60)42-21-10-3-11-22-42/h1-39H. The van der Waals surface area contributed by atoms with Crippen LogP contribution in [-0.2, 0) is 0 Å². The Hall–Kier alpha value is -7.98. The molecule has 12 rings (SSSR count). The zero-order valence-electron chi connectivity index (χ0n) is 34.3. The highest BCUT2D eigenvalue weighted by molar-refractivity contribution is 7.26. The molecule has 0 amide bonds. The van der Waals surface area contributed by atoms with E-state index in [0.29, 0.717) is 0 Å². The minimum absolute atomic E-state index is 0.843. The number of hydrogen-bond donors (Lipinski definition) is 0. The first-order chi connectivity index (χ1) is 31.2. The number of nitrogens with zero attached hydrogens (tertiary/aromatic N) is 1. The SMILES string of the molecule is c1ccc(-c2ccc(N(c3cccc4c3oc3cc(-c5ccccc5)ccc34)c3ccc(-c4ccccc4)c4sc5cc(-c6ccccc6)ccc5c34)c(-c3ccccc3)c2)cc1. The van der Waals surface area contributed by atoms with Crippen LogP contribution < -0.4 is 4.90 Å². The number of rotatable bonds is 8. The second kappa shape index (κ2) is 15.5. The first-order valence-corrected chi connectivity index (χ1v) is 22.2. The van der Waals surface area contributed by atoms with Crippen LogP contribution in [0.5, 0.6) is 0 Å². The van der Waals surface area contributed by atoms with Crippen LogP contribution in [0.1, 0.15) is 0 Å². The summed E-state index contributed by atoms with van der Waals surface area (Å²) in [5.41, 5.74) is 16.5. The molecule has 0 atom stereocenters. The Kier molecular flexibility index (Phi) is 9.06. The van der Waals surface area contributed by atoms with Crippen LogP contribution in [0.25, 0.3) is 97.7 Å². The maximum absolute atomic E-state index is 7.11. The number of benzene rings is 10. The Morgan fingerprint density at radius 2 is 0.825 bits per heavy atom. The maximum Gasteiger partial charge on any atom is 0.159 e. The zero-order chi connectivity index (χ0) is 41.7. The molecular weight excluding hydrogens is 783 g/mol. The third-order valence-corrected chi connectivity index (χ3v) is 13.5. The molecule has 0 spiro atoms. The topological polar surface area (TPSA) is 16.4 Å². The Morgan fingerprint density at radius 3 is 1.44 bits per heavy atom. The van der Waals surface area contributed by atoms with E-state index < -0.39 is 0 Å². The summed E-state index contributed by atoms with van der Waals surface area (Å²) in [6.45, 7) is 0. The molecule has 2 heterocycles. The lowest BCUT2D eigenvalue weighted by atomic mass is 9.95. The summed E-state index contributed by atoms with van der Waals surface area (Å²) in [6, 6.07) is 85.3. The summed E-state index contributed by atoms with van der Waals surface area (Å²) < 4.78 is 9.60. The van der Waals surface area contributed by atoms with Crippen molar-refractivity contribution in [2.45, 2.75) is 0 Å². The molecule has 10 aromatic carbocycles. The fourth-order valence-corrected chi connectivity index (χ4v) is 10.6. The van der Waals surface area contributed by atoms with Crippen LogP contribution >= 0.6 is 11.3 Å². The van der Waals surface area contributed by atoms with E-state index in [-0.39, 0.29) is 0 Å². The van der Waals surface area contributed by atoms with Gasteiger partial charge in [-0.15, -0.1) is 11.3 Å². The zero-order valence-corrected chi connectivity index (χ0v) is 35.1. The van der Waals surface area contributed by atoms with Crippen molar-refractivity contribution in [2.24, 2.45) is 0 Å². The smallest absolute Gasteiger partial charge is 0.159 e. The molecule has 0 aliphatic carbocycles. The normalized spacial score (nSPS) is 11.5. The number of para-hydroxylation sites is 1. The minimum Gasteiger partial charge on any atom is -0.454 e. The minimum atomic E-state index is 0.843. The molecule has 0 aliphatic rings. The van der Waals surface area contributed by atoms with E-state index in [1.807, 2.05) is 11.3 Å². The van der Waals surface area contributed by atoms with E-state index in [9.17, 15) is 0 Å². The van der Waals surface area contributed by atoms with Gasteiger partial charge in [0.15, 0.2) is 5.58 Å². The molecule has 0 fully saturated rings. The summed E-state index contributed by atoms with van der Waals surface area (Å²) in [6.07, 6.45) is 0. The number of furan rings is 1. The lowest BCUT2D eigenvalue weighted by Gasteiger charge is -2.29. The van der Waals surface area contributed by atoms with Gasteiger partial charge in [-0.2, -0.15) is 0 Å². The number of thiophene rings is 1. The summed E-state index contributed by atoms with van der Waals surface area (Å²) in [5.74, 6) is 0. The average molecular weight is 822 g/mol. The molecular formula is C60H39NOS. The Balaban J connectivity index is 1.17. The highest BCUT2D eigenvalue weighted by Gasteiger charge is 2.27. The molecule has 0 saturated carbocycles. The van der Waals surface area contributed by atoms with Gasteiger partial charge in [0.1, 0.15) is 5.58 Å². The second-order valence-corrected chi connectivity index (χ2v) is 17.1. The van der Waals surface area contributed by atoms with Gasteiger partial charge in [-0.1, -0.05) is 194 Å². The number of anilines is 3. The maximum atomic E-state index is 7.11. The van der Waals surface area contributed by atoms with Crippen molar-refractivity contribution < 1.29 is 4.42 Å². The molecule has 0 aliphatic heterocycles. The van der Waals surface area contributed by atoms with E-state index >= 15 is 0 Å². The van der Waals surface area contributed by atoms with Crippen molar-refractivity contribution in [3.05, 3.63) is 237 Å². The lowest BCUT2D eigenvalue weighted by molar-refractivity contribution is 0.669. The number of hydrogen-bond acceptors (Lipinski definition) is 3. The Labute approximate surface area is 370 Å². The molecule has 0 radical (unpaired) electrons. The van der Waals surface area contributed by atoms with Crippen LogP contribution in [-0.4, -0.2) is 0 Å². The van der Waals surface area contributed by atoms with Gasteiger partial charge in [0.05, 0.1) is 17.1 Å². The molecule has 0 unspecified atom stereocenters. The quantitative estimate of drug-likeness (QED) is 0.152. The van der Waals surface area contributed by atoms with Crippen molar-refractivity contribution in [1.29, 1.82) is 0 Å². The molecule has 2 aromatic heterocycles. The van der Waals surface area contributed by atoms with Gasteiger partial charge in [0, 0.05) is 36.5 Å². The molecule has 3 heteroatoms. The molecule has 0 saturated heterocycles. The monoisotopic (exact) mass is 821 g/mol. The van der Waals surface area contributed by atoms with Gasteiger partial charge >= 0.3 is 0 Å². The highest BCUT2D eigenvalue weighted by Crippen LogP contribution is 2.52. The van der Waals surface area contributed by atoms with Crippen molar-refractivity contribution >= 4 is 70.5 Å². The van der Waals surface area contributed by atoms with Crippen LogP contribution in [0.15, 0.2) is 241 Å². The first kappa shape index (κ1) is 36.8. The molecule has 0 N–H and O–H groups in total. The van der Waals surface area contributed by atoms with Gasteiger partial charge in [-0.3, -0.25) is 0 Å². The fourth-order valence-electron chi connectivity index (χ4n) is 9.25. The molecule has 63 heavy (non-hydrogen) atoms.